The Balaban J connectivity index is 2.29. The number of nitrogens with two attached hydrogens (primary N) is 1. The van der Waals surface area contributed by atoms with Gasteiger partial charge in [0.05, 0.1) is 18.8 Å². The van der Waals surface area contributed by atoms with Crippen molar-refractivity contribution in [2.45, 2.75) is 5.54 Å². The lowest BCUT2D eigenvalue weighted by molar-refractivity contribution is -0.0400. The van der Waals surface area contributed by atoms with Gasteiger partial charge >= 0.3 is 0 Å². The van der Waals surface area contributed by atoms with Gasteiger partial charge in [-0.1, -0.05) is 15.9 Å². The van der Waals surface area contributed by atoms with E-state index in [0.717, 1.165) is 5.33 Å². The van der Waals surface area contributed by atoms with Crippen LogP contribution >= 0.6 is 15.9 Å². The van der Waals surface area contributed by atoms with Crippen LogP contribution < -0.4 is 5.73 Å². The van der Waals surface area contributed by atoms with Gasteiger partial charge in [0.2, 0.25) is 0 Å². The molecule has 1 aliphatic rings. The molecule has 0 aliphatic carbocycles. The second kappa shape index (κ2) is 1.73. The van der Waals surface area contributed by atoms with Gasteiger partial charge < -0.3 is 10.5 Å². The van der Waals surface area contributed by atoms with Crippen LogP contribution in [0.4, 0.5) is 0 Å². The Morgan fingerprint density at radius 2 is 2.29 bits per heavy atom. The fraction of sp³-hybridized carbons (Fsp3) is 1.00. The largest absolute Gasteiger partial charge is 0.377 e. The van der Waals surface area contributed by atoms with Crippen LogP contribution in [0, 0.1) is 0 Å². The van der Waals surface area contributed by atoms with Crippen molar-refractivity contribution in [2.75, 3.05) is 18.5 Å². The molecular weight excluding hydrogens is 158 g/mol. The van der Waals surface area contributed by atoms with Gasteiger partial charge in [-0.25, -0.2) is 0 Å². The first-order valence-electron chi connectivity index (χ1n) is 2.19. The Morgan fingerprint density at radius 3 is 2.29 bits per heavy atom. The molecule has 3 heteroatoms. The first-order valence-corrected chi connectivity index (χ1v) is 3.32. The van der Waals surface area contributed by atoms with E-state index >= 15 is 0 Å². The molecule has 7 heavy (non-hydrogen) atoms. The Bertz CT molecular complexity index is 66.6. The van der Waals surface area contributed by atoms with Crippen LogP contribution in [0.25, 0.3) is 0 Å². The minimum atomic E-state index is -0.0417. The maximum Gasteiger partial charge on any atom is 0.0726 e. The van der Waals surface area contributed by atoms with E-state index in [-0.39, 0.29) is 5.54 Å². The molecule has 0 bridgehead atoms. The molecule has 0 atom stereocenters. The van der Waals surface area contributed by atoms with E-state index in [0.29, 0.717) is 13.2 Å². The summed E-state index contributed by atoms with van der Waals surface area (Å²) in [5.41, 5.74) is 5.59. The molecule has 2 N–H and O–H groups in total. The molecule has 0 amide bonds. The van der Waals surface area contributed by atoms with E-state index in [1.54, 1.807) is 0 Å². The van der Waals surface area contributed by atoms with Crippen molar-refractivity contribution in [3.05, 3.63) is 0 Å². The summed E-state index contributed by atoms with van der Waals surface area (Å²) in [7, 11) is 0. The van der Waals surface area contributed by atoms with Crippen molar-refractivity contribution in [1.29, 1.82) is 0 Å². The van der Waals surface area contributed by atoms with Crippen molar-refractivity contribution in [1.82, 2.24) is 0 Å². The summed E-state index contributed by atoms with van der Waals surface area (Å²) >= 11 is 3.28. The van der Waals surface area contributed by atoms with Crippen LogP contribution in [-0.2, 0) is 4.74 Å². The zero-order chi connectivity index (χ0) is 5.33. The highest BCUT2D eigenvalue weighted by atomic mass is 79.9. The zero-order valence-corrected chi connectivity index (χ0v) is 5.57. The molecule has 42 valence electrons. The molecule has 1 heterocycles. The van der Waals surface area contributed by atoms with Crippen LogP contribution in [0.2, 0.25) is 0 Å². The lowest BCUT2D eigenvalue weighted by Gasteiger charge is -2.35. The maximum absolute atomic E-state index is 5.63. The van der Waals surface area contributed by atoms with E-state index in [1.807, 2.05) is 0 Å². The van der Waals surface area contributed by atoms with Gasteiger partial charge in [0.25, 0.3) is 0 Å². The first kappa shape index (κ1) is 5.54. The molecule has 1 aliphatic heterocycles. The molecule has 0 radical (unpaired) electrons. The lowest BCUT2D eigenvalue weighted by atomic mass is 10.0. The molecule has 1 saturated heterocycles. The smallest absolute Gasteiger partial charge is 0.0726 e. The van der Waals surface area contributed by atoms with Crippen molar-refractivity contribution in [3.8, 4) is 0 Å². The molecule has 1 rings (SSSR count). The Labute approximate surface area is 51.1 Å². The Kier molecular flexibility index (Phi) is 1.36. The Hall–Kier alpha value is 0.400. The van der Waals surface area contributed by atoms with Crippen molar-refractivity contribution in [2.24, 2.45) is 5.73 Å². The predicted octanol–water partition coefficient (Wildman–Crippen LogP) is 0.109. The second-order valence-electron chi connectivity index (χ2n) is 1.99. The lowest BCUT2D eigenvalue weighted by Crippen LogP contribution is -2.58. The molecule has 2 nitrogen and oxygen atoms in total. The van der Waals surface area contributed by atoms with E-state index < -0.39 is 0 Å². The minimum absolute atomic E-state index is 0.0417. The van der Waals surface area contributed by atoms with Crippen molar-refractivity contribution < 1.29 is 4.74 Å². The van der Waals surface area contributed by atoms with Gasteiger partial charge in [-0.05, 0) is 0 Å². The number of ether oxygens (including phenoxy) is 1. The van der Waals surface area contributed by atoms with Crippen molar-refractivity contribution >= 4 is 15.9 Å². The summed E-state index contributed by atoms with van der Waals surface area (Å²) in [4.78, 5) is 0. The number of halogens is 1. The number of alkyl halides is 1. The average molecular weight is 166 g/mol. The summed E-state index contributed by atoms with van der Waals surface area (Å²) < 4.78 is 4.87. The third-order valence-electron chi connectivity index (χ3n) is 1.05. The third-order valence-corrected chi connectivity index (χ3v) is 2.16. The number of hydrogen-bond donors (Lipinski definition) is 1. The fourth-order valence-electron chi connectivity index (χ4n) is 0.441. The molecule has 1 fully saturated rings. The van der Waals surface area contributed by atoms with Crippen LogP contribution in [0.15, 0.2) is 0 Å². The molecular formula is C4H8BrNO. The van der Waals surface area contributed by atoms with Crippen LogP contribution in [0.5, 0.6) is 0 Å². The van der Waals surface area contributed by atoms with Gasteiger partial charge in [0.15, 0.2) is 0 Å². The zero-order valence-electron chi connectivity index (χ0n) is 3.98. The van der Waals surface area contributed by atoms with E-state index in [2.05, 4.69) is 15.9 Å². The van der Waals surface area contributed by atoms with Crippen LogP contribution in [0.3, 0.4) is 0 Å². The monoisotopic (exact) mass is 165 g/mol. The fourth-order valence-corrected chi connectivity index (χ4v) is 0.765. The normalized spacial score (nSPS) is 26.6. The van der Waals surface area contributed by atoms with Gasteiger partial charge in [0, 0.05) is 5.33 Å². The molecule has 0 unspecified atom stereocenters. The SMILES string of the molecule is NC1(CBr)COC1. The summed E-state index contributed by atoms with van der Waals surface area (Å²) in [6.07, 6.45) is 0. The molecule has 0 spiro atoms. The summed E-state index contributed by atoms with van der Waals surface area (Å²) in [6.45, 7) is 1.41. The van der Waals surface area contributed by atoms with E-state index in [9.17, 15) is 0 Å². The summed E-state index contributed by atoms with van der Waals surface area (Å²) in [6, 6.07) is 0. The van der Waals surface area contributed by atoms with Crippen LogP contribution in [-0.4, -0.2) is 24.1 Å². The quantitative estimate of drug-likeness (QED) is 0.561. The highest BCUT2D eigenvalue weighted by Crippen LogP contribution is 2.14. The minimum Gasteiger partial charge on any atom is -0.377 e. The maximum atomic E-state index is 5.63. The number of rotatable bonds is 1. The number of hydrogen-bond acceptors (Lipinski definition) is 2. The average Bonchev–Trinajstić information content (AvgIpc) is 1.61. The molecule has 0 saturated carbocycles. The molecule has 0 aromatic carbocycles. The highest BCUT2D eigenvalue weighted by molar-refractivity contribution is 9.09. The van der Waals surface area contributed by atoms with Gasteiger partial charge in [0.1, 0.15) is 0 Å². The summed E-state index contributed by atoms with van der Waals surface area (Å²) in [5.74, 6) is 0. The second-order valence-corrected chi connectivity index (χ2v) is 2.55. The van der Waals surface area contributed by atoms with E-state index in [1.165, 1.54) is 0 Å². The predicted molar refractivity (Wildman–Crippen MR) is 31.5 cm³/mol. The van der Waals surface area contributed by atoms with Crippen molar-refractivity contribution in [3.63, 3.8) is 0 Å². The summed E-state index contributed by atoms with van der Waals surface area (Å²) in [5, 5.41) is 0.847. The topological polar surface area (TPSA) is 35.2 Å². The standard InChI is InChI=1S/C4H8BrNO/c5-1-4(6)2-7-3-4/h1-3,6H2. The van der Waals surface area contributed by atoms with Gasteiger partial charge in [-0.3, -0.25) is 0 Å². The van der Waals surface area contributed by atoms with Crippen LogP contribution in [0.1, 0.15) is 0 Å². The third kappa shape index (κ3) is 0.953. The van der Waals surface area contributed by atoms with E-state index in [4.69, 9.17) is 10.5 Å². The highest BCUT2D eigenvalue weighted by Gasteiger charge is 2.32. The molecule has 0 aromatic heterocycles. The Morgan fingerprint density at radius 1 is 1.71 bits per heavy atom. The van der Waals surface area contributed by atoms with Gasteiger partial charge in [-0.15, -0.1) is 0 Å². The first-order chi connectivity index (χ1) is 3.27. The molecule has 0 aromatic rings. The van der Waals surface area contributed by atoms with Gasteiger partial charge in [-0.2, -0.15) is 0 Å².